The Balaban J connectivity index is 1.66. The van der Waals surface area contributed by atoms with Crippen LogP contribution in [0.4, 0.5) is 0 Å². The van der Waals surface area contributed by atoms with E-state index in [0.29, 0.717) is 35.2 Å². The number of fused-ring (bicyclic) bond motifs is 1. The molecule has 2 saturated heterocycles. The molecule has 7 atom stereocenters. The van der Waals surface area contributed by atoms with Crippen molar-refractivity contribution < 1.29 is 10.2 Å². The number of hydrogen-bond acceptors (Lipinski definition) is 6. The Morgan fingerprint density at radius 3 is 2.62 bits per heavy atom. The van der Waals surface area contributed by atoms with Crippen LogP contribution in [0.1, 0.15) is 39.5 Å². The van der Waals surface area contributed by atoms with Gasteiger partial charge in [-0.15, -0.1) is 0 Å². The summed E-state index contributed by atoms with van der Waals surface area (Å²) in [6.07, 6.45) is 4.07. The maximum absolute atomic E-state index is 10.6. The van der Waals surface area contributed by atoms with Crippen molar-refractivity contribution in [1.29, 1.82) is 0 Å². The number of aliphatic hydroxyl groups excluding tert-OH is 1. The molecule has 3 aliphatic rings. The molecule has 0 bridgehead atoms. The first-order valence-corrected chi connectivity index (χ1v) is 10.3. The summed E-state index contributed by atoms with van der Waals surface area (Å²) >= 11 is 3.66. The zero-order valence-electron chi connectivity index (χ0n) is 14.8. The first kappa shape index (κ1) is 19.0. The van der Waals surface area contributed by atoms with Crippen LogP contribution in [0.2, 0.25) is 0 Å². The summed E-state index contributed by atoms with van der Waals surface area (Å²) in [5.41, 5.74) is 6.24. The summed E-state index contributed by atoms with van der Waals surface area (Å²) < 4.78 is 0. The van der Waals surface area contributed by atoms with Crippen LogP contribution in [-0.4, -0.2) is 58.6 Å². The summed E-state index contributed by atoms with van der Waals surface area (Å²) in [6.45, 7) is 6.22. The molecule has 0 amide bonds. The van der Waals surface area contributed by atoms with Crippen molar-refractivity contribution in [3.05, 3.63) is 0 Å². The van der Waals surface area contributed by atoms with Crippen LogP contribution in [0.5, 0.6) is 0 Å². The second-order valence-corrected chi connectivity index (χ2v) is 9.74. The van der Waals surface area contributed by atoms with E-state index in [1.807, 2.05) is 13.8 Å². The SMILES string of the molecule is CC(C)(O)CNC1NNC(C2CCC(Br)CC2O)C2CCNCC12. The summed E-state index contributed by atoms with van der Waals surface area (Å²) in [5.74, 6) is 1.31. The summed E-state index contributed by atoms with van der Waals surface area (Å²) in [5, 5.41) is 27.6. The summed E-state index contributed by atoms with van der Waals surface area (Å²) in [6, 6.07) is 0.312. The van der Waals surface area contributed by atoms with Gasteiger partial charge in [0.05, 0.1) is 17.9 Å². The number of halogens is 1. The molecule has 7 heteroatoms. The van der Waals surface area contributed by atoms with Crippen LogP contribution in [0.15, 0.2) is 0 Å². The normalized spacial score (nSPS) is 44.1. The number of hydrogen-bond donors (Lipinski definition) is 6. The van der Waals surface area contributed by atoms with Gasteiger partial charge in [0.1, 0.15) is 0 Å². The van der Waals surface area contributed by atoms with Gasteiger partial charge in [-0.05, 0) is 52.0 Å². The van der Waals surface area contributed by atoms with E-state index in [-0.39, 0.29) is 12.3 Å². The minimum atomic E-state index is -0.722. The molecular formula is C17H33BrN4O2. The van der Waals surface area contributed by atoms with Crippen molar-refractivity contribution >= 4 is 15.9 Å². The van der Waals surface area contributed by atoms with Crippen LogP contribution in [-0.2, 0) is 0 Å². The molecule has 2 aliphatic heterocycles. The Labute approximate surface area is 153 Å². The van der Waals surface area contributed by atoms with E-state index in [4.69, 9.17) is 0 Å². The zero-order chi connectivity index (χ0) is 17.3. The van der Waals surface area contributed by atoms with E-state index in [2.05, 4.69) is 37.4 Å². The highest BCUT2D eigenvalue weighted by atomic mass is 79.9. The highest BCUT2D eigenvalue weighted by Crippen LogP contribution is 2.38. The van der Waals surface area contributed by atoms with E-state index in [0.717, 1.165) is 38.8 Å². The molecule has 24 heavy (non-hydrogen) atoms. The van der Waals surface area contributed by atoms with E-state index < -0.39 is 5.60 Å². The number of rotatable bonds is 4. The monoisotopic (exact) mass is 404 g/mol. The van der Waals surface area contributed by atoms with Crippen molar-refractivity contribution in [3.63, 3.8) is 0 Å². The van der Waals surface area contributed by atoms with E-state index in [1.54, 1.807) is 0 Å². The fraction of sp³-hybridized carbons (Fsp3) is 1.00. The van der Waals surface area contributed by atoms with Gasteiger partial charge in [0.2, 0.25) is 0 Å². The van der Waals surface area contributed by atoms with Gasteiger partial charge >= 0.3 is 0 Å². The Morgan fingerprint density at radius 2 is 1.92 bits per heavy atom. The molecule has 0 spiro atoms. The zero-order valence-corrected chi connectivity index (χ0v) is 16.3. The van der Waals surface area contributed by atoms with Gasteiger partial charge in [-0.1, -0.05) is 15.9 Å². The smallest absolute Gasteiger partial charge is 0.0749 e. The van der Waals surface area contributed by atoms with E-state index in [1.165, 1.54) is 0 Å². The highest BCUT2D eigenvalue weighted by Gasteiger charge is 2.46. The third kappa shape index (κ3) is 4.50. The first-order valence-electron chi connectivity index (χ1n) is 9.35. The summed E-state index contributed by atoms with van der Waals surface area (Å²) in [4.78, 5) is 0.449. The van der Waals surface area contributed by atoms with Crippen LogP contribution in [0.25, 0.3) is 0 Å². The minimum absolute atomic E-state index is 0.134. The minimum Gasteiger partial charge on any atom is -0.393 e. The molecular weight excluding hydrogens is 372 g/mol. The van der Waals surface area contributed by atoms with Crippen molar-refractivity contribution in [2.45, 2.75) is 68.3 Å². The van der Waals surface area contributed by atoms with E-state index in [9.17, 15) is 10.2 Å². The molecule has 3 fully saturated rings. The fourth-order valence-electron chi connectivity index (χ4n) is 4.64. The predicted octanol–water partition coefficient (Wildman–Crippen LogP) is 0.300. The average molecular weight is 405 g/mol. The Morgan fingerprint density at radius 1 is 1.12 bits per heavy atom. The molecule has 140 valence electrons. The molecule has 1 saturated carbocycles. The third-order valence-corrected chi connectivity index (χ3v) is 6.73. The maximum Gasteiger partial charge on any atom is 0.0749 e. The second kappa shape index (κ2) is 7.86. The Bertz CT molecular complexity index is 420. The number of alkyl halides is 1. The molecule has 0 aromatic heterocycles. The molecule has 0 radical (unpaired) electrons. The van der Waals surface area contributed by atoms with Crippen LogP contribution < -0.4 is 21.5 Å². The van der Waals surface area contributed by atoms with Gasteiger partial charge in [0, 0.05) is 35.8 Å². The molecule has 6 N–H and O–H groups in total. The van der Waals surface area contributed by atoms with Crippen molar-refractivity contribution in [2.24, 2.45) is 17.8 Å². The Kier molecular flexibility index (Phi) is 6.23. The lowest BCUT2D eigenvalue weighted by Crippen LogP contribution is -2.71. The molecule has 0 aromatic rings. The highest BCUT2D eigenvalue weighted by molar-refractivity contribution is 9.09. The average Bonchev–Trinajstić information content (AvgIpc) is 2.52. The standard InChI is InChI=1S/C17H33BrN4O2/c1-17(2,24)9-20-16-13-8-19-6-5-11(13)15(21-22-16)12-4-3-10(18)7-14(12)23/h10-16,19-24H,3-9H2,1-2H3. The van der Waals surface area contributed by atoms with Crippen molar-refractivity contribution in [1.82, 2.24) is 21.5 Å². The number of nitrogens with one attached hydrogen (secondary N) is 4. The maximum atomic E-state index is 10.6. The number of hydrazine groups is 1. The topological polar surface area (TPSA) is 88.6 Å². The number of piperidine rings is 1. The van der Waals surface area contributed by atoms with Crippen LogP contribution in [0.3, 0.4) is 0 Å². The lowest BCUT2D eigenvalue weighted by molar-refractivity contribution is -0.0230. The summed E-state index contributed by atoms with van der Waals surface area (Å²) in [7, 11) is 0. The second-order valence-electron chi connectivity index (χ2n) is 8.45. The predicted molar refractivity (Wildman–Crippen MR) is 98.7 cm³/mol. The van der Waals surface area contributed by atoms with Gasteiger partial charge in [-0.2, -0.15) is 0 Å². The van der Waals surface area contributed by atoms with Crippen LogP contribution >= 0.6 is 15.9 Å². The number of aliphatic hydroxyl groups is 2. The lowest BCUT2D eigenvalue weighted by Gasteiger charge is -2.51. The molecule has 3 rings (SSSR count). The van der Waals surface area contributed by atoms with Crippen LogP contribution in [0, 0.1) is 17.8 Å². The molecule has 7 unspecified atom stereocenters. The van der Waals surface area contributed by atoms with Crippen molar-refractivity contribution in [3.8, 4) is 0 Å². The van der Waals surface area contributed by atoms with Crippen molar-refractivity contribution in [2.75, 3.05) is 19.6 Å². The largest absolute Gasteiger partial charge is 0.393 e. The van der Waals surface area contributed by atoms with Gasteiger partial charge in [0.15, 0.2) is 0 Å². The van der Waals surface area contributed by atoms with Gasteiger partial charge in [-0.25, -0.2) is 5.43 Å². The molecule has 1 aliphatic carbocycles. The lowest BCUT2D eigenvalue weighted by atomic mass is 9.69. The van der Waals surface area contributed by atoms with Gasteiger partial charge in [0.25, 0.3) is 0 Å². The van der Waals surface area contributed by atoms with Gasteiger partial charge < -0.3 is 15.5 Å². The van der Waals surface area contributed by atoms with Gasteiger partial charge in [-0.3, -0.25) is 10.7 Å². The molecule has 2 heterocycles. The van der Waals surface area contributed by atoms with E-state index >= 15 is 0 Å². The third-order valence-electron chi connectivity index (χ3n) is 5.90. The first-order chi connectivity index (χ1) is 11.3. The molecule has 0 aromatic carbocycles. The quantitative estimate of drug-likeness (QED) is 0.378. The Hall–Kier alpha value is 0.240. The molecule has 6 nitrogen and oxygen atoms in total. The fourth-order valence-corrected chi connectivity index (χ4v) is 5.29.